The molecule has 7 nitrogen and oxygen atoms in total. The van der Waals surface area contributed by atoms with Gasteiger partial charge < -0.3 is 19.6 Å². The number of carbonyl (C=O) groups is 2. The van der Waals surface area contributed by atoms with Gasteiger partial charge in [-0.1, -0.05) is 42.5 Å². The number of oxazole rings is 1. The predicted octanol–water partition coefficient (Wildman–Crippen LogP) is 2.23. The van der Waals surface area contributed by atoms with Crippen molar-refractivity contribution in [2.75, 3.05) is 6.61 Å². The highest BCUT2D eigenvalue weighted by Gasteiger charge is 2.23. The first kappa shape index (κ1) is 16.7. The Balaban J connectivity index is 1.60. The summed E-state index contributed by atoms with van der Waals surface area (Å²) in [6, 6.07) is 15.0. The Morgan fingerprint density at radius 1 is 1.12 bits per heavy atom. The number of nitrogens with one attached hydrogen (secondary N) is 1. The Bertz CT molecular complexity index is 842. The molecule has 1 aromatic heterocycles. The Kier molecular flexibility index (Phi) is 5.06. The molecule has 0 saturated carbocycles. The van der Waals surface area contributed by atoms with E-state index in [0.29, 0.717) is 11.1 Å². The minimum absolute atomic E-state index is 0.170. The van der Waals surface area contributed by atoms with Gasteiger partial charge in [0.15, 0.2) is 11.6 Å². The van der Waals surface area contributed by atoms with Crippen LogP contribution in [0, 0.1) is 0 Å². The summed E-state index contributed by atoms with van der Waals surface area (Å²) in [7, 11) is 0. The molecule has 0 fully saturated rings. The zero-order valence-electron chi connectivity index (χ0n) is 13.2. The van der Waals surface area contributed by atoms with E-state index >= 15 is 0 Å². The molecule has 7 heteroatoms. The third-order valence-electron chi connectivity index (χ3n) is 3.49. The number of benzene rings is 2. The van der Waals surface area contributed by atoms with Crippen LogP contribution in [0.25, 0.3) is 11.1 Å². The van der Waals surface area contributed by atoms with E-state index in [4.69, 9.17) is 9.15 Å². The average Bonchev–Trinajstić information content (AvgIpc) is 3.06. The highest BCUT2D eigenvalue weighted by molar-refractivity contribution is 5.94. The molecule has 2 aromatic carbocycles. The van der Waals surface area contributed by atoms with E-state index < -0.39 is 17.9 Å². The molecule has 3 rings (SSSR count). The molecule has 128 valence electrons. The highest BCUT2D eigenvalue weighted by Crippen LogP contribution is 2.14. The van der Waals surface area contributed by atoms with Crippen molar-refractivity contribution in [3.05, 3.63) is 66.1 Å². The maximum absolute atomic E-state index is 12.2. The molecule has 0 aliphatic heterocycles. The van der Waals surface area contributed by atoms with Crippen LogP contribution < -0.4 is 5.32 Å². The zero-order valence-corrected chi connectivity index (χ0v) is 13.2. The first-order valence-corrected chi connectivity index (χ1v) is 7.64. The molecule has 0 radical (unpaired) electrons. The first-order valence-electron chi connectivity index (χ1n) is 7.64. The van der Waals surface area contributed by atoms with Crippen molar-refractivity contribution < 1.29 is 23.8 Å². The third-order valence-corrected chi connectivity index (χ3v) is 3.49. The average molecular weight is 340 g/mol. The molecule has 0 saturated heterocycles. The van der Waals surface area contributed by atoms with Gasteiger partial charge in [0.1, 0.15) is 5.52 Å². The minimum Gasteiger partial charge on any atom is -0.480 e. The van der Waals surface area contributed by atoms with E-state index in [9.17, 15) is 14.7 Å². The molecule has 0 aliphatic rings. The summed E-state index contributed by atoms with van der Waals surface area (Å²) in [6.07, 6.45) is 0. The number of amides is 1. The fourth-order valence-electron chi connectivity index (χ4n) is 2.23. The van der Waals surface area contributed by atoms with Crippen LogP contribution in [0.5, 0.6) is 0 Å². The van der Waals surface area contributed by atoms with Gasteiger partial charge in [0.05, 0.1) is 13.2 Å². The molecule has 2 N–H and O–H groups in total. The highest BCUT2D eigenvalue weighted by atomic mass is 16.5. The van der Waals surface area contributed by atoms with E-state index in [0.717, 1.165) is 5.56 Å². The van der Waals surface area contributed by atoms with Gasteiger partial charge in [-0.05, 0) is 17.7 Å². The summed E-state index contributed by atoms with van der Waals surface area (Å²) in [6.45, 7) is 0.0829. The molecule has 1 heterocycles. The van der Waals surface area contributed by atoms with Crippen molar-refractivity contribution in [1.29, 1.82) is 0 Å². The number of aliphatic carboxylic acids is 1. The van der Waals surface area contributed by atoms with Crippen molar-refractivity contribution >= 4 is 23.0 Å². The van der Waals surface area contributed by atoms with Crippen molar-refractivity contribution in [2.24, 2.45) is 0 Å². The molecule has 1 unspecified atom stereocenters. The fraction of sp³-hybridized carbons (Fsp3) is 0.167. The molecule has 1 atom stereocenters. The van der Waals surface area contributed by atoms with Crippen LogP contribution in [0.15, 0.2) is 59.0 Å². The molecule has 3 aromatic rings. The Hall–Kier alpha value is -3.19. The van der Waals surface area contributed by atoms with Crippen LogP contribution in [0.3, 0.4) is 0 Å². The van der Waals surface area contributed by atoms with Crippen LogP contribution in [0.4, 0.5) is 0 Å². The van der Waals surface area contributed by atoms with E-state index in [-0.39, 0.29) is 19.1 Å². The quantitative estimate of drug-likeness (QED) is 0.684. The number of carboxylic acid groups (broad SMARTS) is 1. The molecule has 0 aliphatic carbocycles. The number of carboxylic acids is 1. The van der Waals surface area contributed by atoms with Gasteiger partial charge in [0.25, 0.3) is 5.89 Å². The van der Waals surface area contributed by atoms with Gasteiger partial charge in [-0.25, -0.2) is 9.78 Å². The van der Waals surface area contributed by atoms with Crippen molar-refractivity contribution in [1.82, 2.24) is 10.3 Å². The zero-order chi connectivity index (χ0) is 17.6. The molecule has 1 amide bonds. The molecule has 0 spiro atoms. The summed E-state index contributed by atoms with van der Waals surface area (Å²) in [5.41, 5.74) is 1.90. The van der Waals surface area contributed by atoms with Crippen molar-refractivity contribution in [3.63, 3.8) is 0 Å². The van der Waals surface area contributed by atoms with E-state index in [1.54, 1.807) is 24.3 Å². The van der Waals surface area contributed by atoms with Crippen LogP contribution in [-0.4, -0.2) is 34.6 Å². The van der Waals surface area contributed by atoms with Crippen LogP contribution >= 0.6 is 0 Å². The standard InChI is InChI=1S/C18H16N2O5/c21-16(17-20-13-8-4-5-9-15(13)25-17)19-14(18(22)23)11-24-10-12-6-2-1-3-7-12/h1-9,14H,10-11H2,(H,19,21)(H,22,23). The summed E-state index contributed by atoms with van der Waals surface area (Å²) >= 11 is 0. The maximum atomic E-state index is 12.2. The number of nitrogens with zero attached hydrogens (tertiary/aromatic N) is 1. The lowest BCUT2D eigenvalue weighted by molar-refractivity contribution is -0.141. The van der Waals surface area contributed by atoms with Crippen molar-refractivity contribution in [3.8, 4) is 0 Å². The molecular formula is C18H16N2O5. The number of carbonyl (C=O) groups excluding carboxylic acids is 1. The summed E-state index contributed by atoms with van der Waals surface area (Å²) in [5.74, 6) is -2.08. The van der Waals surface area contributed by atoms with Crippen LogP contribution in [-0.2, 0) is 16.1 Å². The van der Waals surface area contributed by atoms with E-state index in [1.807, 2.05) is 30.3 Å². The molecular weight excluding hydrogens is 324 g/mol. The van der Waals surface area contributed by atoms with Gasteiger partial charge in [-0.2, -0.15) is 0 Å². The minimum atomic E-state index is -1.20. The van der Waals surface area contributed by atoms with E-state index in [2.05, 4.69) is 10.3 Å². The summed E-state index contributed by atoms with van der Waals surface area (Å²) in [4.78, 5) is 27.6. The third kappa shape index (κ3) is 4.21. The normalized spacial score (nSPS) is 12.0. The largest absolute Gasteiger partial charge is 0.480 e. The number of hydrogen-bond donors (Lipinski definition) is 2. The summed E-state index contributed by atoms with van der Waals surface area (Å²) < 4.78 is 10.7. The van der Waals surface area contributed by atoms with Crippen molar-refractivity contribution in [2.45, 2.75) is 12.6 Å². The topological polar surface area (TPSA) is 102 Å². The van der Waals surface area contributed by atoms with Gasteiger partial charge in [0.2, 0.25) is 0 Å². The number of fused-ring (bicyclic) bond motifs is 1. The second kappa shape index (κ2) is 7.59. The number of ether oxygens (including phenoxy) is 1. The monoisotopic (exact) mass is 340 g/mol. The Morgan fingerprint density at radius 2 is 1.84 bits per heavy atom. The lowest BCUT2D eigenvalue weighted by Gasteiger charge is -2.13. The lowest BCUT2D eigenvalue weighted by Crippen LogP contribution is -2.44. The summed E-state index contributed by atoms with van der Waals surface area (Å²) in [5, 5.41) is 11.6. The molecule has 25 heavy (non-hydrogen) atoms. The Labute approximate surface area is 143 Å². The number of para-hydroxylation sites is 2. The molecule has 0 bridgehead atoms. The first-order chi connectivity index (χ1) is 12.1. The fourth-order valence-corrected chi connectivity index (χ4v) is 2.23. The smallest absolute Gasteiger partial charge is 0.328 e. The van der Waals surface area contributed by atoms with Gasteiger partial charge in [0, 0.05) is 0 Å². The predicted molar refractivity (Wildman–Crippen MR) is 89.0 cm³/mol. The SMILES string of the molecule is O=C(NC(COCc1ccccc1)C(=O)O)c1nc2ccccc2o1. The van der Waals surface area contributed by atoms with Crippen LogP contribution in [0.1, 0.15) is 16.2 Å². The lowest BCUT2D eigenvalue weighted by atomic mass is 10.2. The second-order valence-electron chi connectivity index (χ2n) is 5.35. The Morgan fingerprint density at radius 3 is 2.56 bits per heavy atom. The van der Waals surface area contributed by atoms with Gasteiger partial charge >= 0.3 is 11.9 Å². The van der Waals surface area contributed by atoms with E-state index in [1.165, 1.54) is 0 Å². The number of hydrogen-bond acceptors (Lipinski definition) is 5. The van der Waals surface area contributed by atoms with Gasteiger partial charge in [-0.15, -0.1) is 0 Å². The van der Waals surface area contributed by atoms with Crippen LogP contribution in [0.2, 0.25) is 0 Å². The maximum Gasteiger partial charge on any atom is 0.328 e. The number of aromatic nitrogens is 1. The number of rotatable bonds is 7. The van der Waals surface area contributed by atoms with Gasteiger partial charge in [-0.3, -0.25) is 4.79 Å². The second-order valence-corrected chi connectivity index (χ2v) is 5.35.